The first-order valence-corrected chi connectivity index (χ1v) is 10.7. The number of piperazine rings is 1. The highest BCUT2D eigenvalue weighted by atomic mass is 15.2. The van der Waals surface area contributed by atoms with Crippen LogP contribution in [0.15, 0.2) is 42.6 Å². The topological polar surface area (TPSA) is 48.9 Å². The van der Waals surface area contributed by atoms with Gasteiger partial charge in [-0.1, -0.05) is 6.07 Å². The lowest BCUT2D eigenvalue weighted by Crippen LogP contribution is -2.43. The molecule has 5 rings (SSSR count). The Hall–Kier alpha value is -2.63. The van der Waals surface area contributed by atoms with Crippen LogP contribution in [0.3, 0.4) is 0 Å². The molecule has 2 N–H and O–H groups in total. The van der Waals surface area contributed by atoms with Gasteiger partial charge in [-0.05, 0) is 68.3 Å². The maximum absolute atomic E-state index is 4.89. The van der Waals surface area contributed by atoms with E-state index in [9.17, 15) is 0 Å². The van der Waals surface area contributed by atoms with Gasteiger partial charge in [0.15, 0.2) is 0 Å². The van der Waals surface area contributed by atoms with Crippen LogP contribution in [0.5, 0.6) is 0 Å². The monoisotopic (exact) mass is 387 g/mol. The van der Waals surface area contributed by atoms with E-state index in [1.54, 1.807) is 0 Å². The van der Waals surface area contributed by atoms with E-state index < -0.39 is 0 Å². The summed E-state index contributed by atoms with van der Waals surface area (Å²) in [6, 6.07) is 13.2. The molecule has 0 bridgehead atoms. The van der Waals surface area contributed by atoms with E-state index in [0.717, 1.165) is 42.1 Å². The van der Waals surface area contributed by atoms with Crippen LogP contribution < -0.4 is 5.32 Å². The molecule has 29 heavy (non-hydrogen) atoms. The van der Waals surface area contributed by atoms with Gasteiger partial charge in [0.05, 0.1) is 11.0 Å². The second-order valence-corrected chi connectivity index (χ2v) is 8.22. The first-order valence-electron chi connectivity index (χ1n) is 10.7. The summed E-state index contributed by atoms with van der Waals surface area (Å²) in [5.74, 6) is 0.946. The van der Waals surface area contributed by atoms with Gasteiger partial charge in [-0.15, -0.1) is 0 Å². The number of rotatable bonds is 5. The van der Waals surface area contributed by atoms with Crippen molar-refractivity contribution in [3.63, 3.8) is 0 Å². The fourth-order valence-corrected chi connectivity index (χ4v) is 4.39. The predicted octanol–water partition coefficient (Wildman–Crippen LogP) is 4.10. The molecule has 0 saturated carbocycles. The quantitative estimate of drug-likeness (QED) is 0.542. The molecule has 5 nitrogen and oxygen atoms in total. The normalized spacial score (nSPS) is 15.5. The molecule has 5 heteroatoms. The fourth-order valence-electron chi connectivity index (χ4n) is 4.39. The van der Waals surface area contributed by atoms with Crippen LogP contribution >= 0.6 is 0 Å². The smallest absolute Gasteiger partial charge is 0.138 e. The number of fused-ring (bicyclic) bond motifs is 2. The van der Waals surface area contributed by atoms with Gasteiger partial charge in [0.25, 0.3) is 0 Å². The third kappa shape index (κ3) is 3.56. The van der Waals surface area contributed by atoms with Crippen molar-refractivity contribution in [3.8, 4) is 11.4 Å². The van der Waals surface area contributed by atoms with Crippen LogP contribution in [0.2, 0.25) is 0 Å². The van der Waals surface area contributed by atoms with Crippen molar-refractivity contribution >= 4 is 21.9 Å². The van der Waals surface area contributed by atoms with E-state index >= 15 is 0 Å². The van der Waals surface area contributed by atoms with Gasteiger partial charge in [0, 0.05) is 55.4 Å². The summed E-state index contributed by atoms with van der Waals surface area (Å²) >= 11 is 0. The molecule has 1 fully saturated rings. The number of nitrogens with zero attached hydrogens (tertiary/aromatic N) is 3. The average molecular weight is 388 g/mol. The Kier molecular flexibility index (Phi) is 4.86. The summed E-state index contributed by atoms with van der Waals surface area (Å²) in [4.78, 5) is 10.9. The van der Waals surface area contributed by atoms with Crippen molar-refractivity contribution < 1.29 is 0 Å². The molecule has 0 unspecified atom stereocenters. The van der Waals surface area contributed by atoms with Crippen molar-refractivity contribution in [2.45, 2.75) is 26.8 Å². The Morgan fingerprint density at radius 2 is 1.86 bits per heavy atom. The zero-order valence-electron chi connectivity index (χ0n) is 17.3. The van der Waals surface area contributed by atoms with Gasteiger partial charge in [-0.25, -0.2) is 4.98 Å². The highest BCUT2D eigenvalue weighted by Gasteiger charge is 2.11. The lowest BCUT2D eigenvalue weighted by molar-refractivity contribution is 0.235. The van der Waals surface area contributed by atoms with Crippen molar-refractivity contribution in [1.82, 2.24) is 24.8 Å². The summed E-state index contributed by atoms with van der Waals surface area (Å²) < 4.78 is 2.38. The largest absolute Gasteiger partial charge is 0.347 e. The molecule has 3 heterocycles. The van der Waals surface area contributed by atoms with Crippen LogP contribution in [0.4, 0.5) is 0 Å². The number of H-pyrrole nitrogens is 1. The van der Waals surface area contributed by atoms with Gasteiger partial charge in [-0.3, -0.25) is 0 Å². The summed E-state index contributed by atoms with van der Waals surface area (Å²) in [6.07, 6.45) is 3.41. The SMILES string of the molecule is Cc1ccc2[nH]c(-c3ccc4c(ccn4CCCN4CCNCC4)c3)nc2c1C. The lowest BCUT2D eigenvalue weighted by atomic mass is 10.1. The molecular weight excluding hydrogens is 358 g/mol. The van der Waals surface area contributed by atoms with E-state index in [1.807, 2.05) is 0 Å². The molecule has 0 atom stereocenters. The summed E-state index contributed by atoms with van der Waals surface area (Å²) in [7, 11) is 0. The highest BCUT2D eigenvalue weighted by Crippen LogP contribution is 2.27. The third-order valence-electron chi connectivity index (χ3n) is 6.31. The number of aromatic amines is 1. The van der Waals surface area contributed by atoms with Crippen LogP contribution in [-0.4, -0.2) is 52.2 Å². The molecule has 2 aromatic heterocycles. The number of aromatic nitrogens is 3. The van der Waals surface area contributed by atoms with E-state index in [2.05, 4.69) is 76.2 Å². The van der Waals surface area contributed by atoms with E-state index in [1.165, 1.54) is 48.1 Å². The first kappa shape index (κ1) is 18.4. The van der Waals surface area contributed by atoms with E-state index in [0.29, 0.717) is 0 Å². The number of hydrogen-bond donors (Lipinski definition) is 2. The van der Waals surface area contributed by atoms with Crippen molar-refractivity contribution in [3.05, 3.63) is 53.7 Å². The Morgan fingerprint density at radius 1 is 1.00 bits per heavy atom. The molecule has 0 spiro atoms. The summed E-state index contributed by atoms with van der Waals surface area (Å²) in [6.45, 7) is 11.1. The number of nitrogens with one attached hydrogen (secondary N) is 2. The Bertz CT molecular complexity index is 1150. The minimum absolute atomic E-state index is 0.946. The standard InChI is InChI=1S/C24H29N5/c1-17-4-6-21-23(18(17)2)27-24(26-21)20-5-7-22-19(16-20)8-13-29(22)12-3-11-28-14-9-25-10-15-28/h4-8,13,16,25H,3,9-12,14-15H2,1-2H3,(H,26,27). The second-order valence-electron chi connectivity index (χ2n) is 8.22. The van der Waals surface area contributed by atoms with Crippen LogP contribution in [0, 0.1) is 13.8 Å². The molecule has 1 aliphatic heterocycles. The molecule has 0 radical (unpaired) electrons. The van der Waals surface area contributed by atoms with Gasteiger partial charge in [0.1, 0.15) is 5.82 Å². The van der Waals surface area contributed by atoms with Crippen LogP contribution in [0.1, 0.15) is 17.5 Å². The van der Waals surface area contributed by atoms with Crippen LogP contribution in [-0.2, 0) is 6.54 Å². The minimum Gasteiger partial charge on any atom is -0.347 e. The number of hydrogen-bond acceptors (Lipinski definition) is 3. The molecule has 4 aromatic rings. The van der Waals surface area contributed by atoms with Gasteiger partial charge in [-0.2, -0.15) is 0 Å². The van der Waals surface area contributed by atoms with Crippen molar-refractivity contribution in [1.29, 1.82) is 0 Å². The van der Waals surface area contributed by atoms with Gasteiger partial charge >= 0.3 is 0 Å². The minimum atomic E-state index is 0.946. The molecule has 0 aliphatic carbocycles. The van der Waals surface area contributed by atoms with Gasteiger partial charge < -0.3 is 19.8 Å². The Morgan fingerprint density at radius 3 is 2.72 bits per heavy atom. The zero-order chi connectivity index (χ0) is 19.8. The molecule has 2 aromatic carbocycles. The number of imidazole rings is 1. The van der Waals surface area contributed by atoms with Crippen molar-refractivity contribution in [2.24, 2.45) is 0 Å². The Balaban J connectivity index is 1.35. The predicted molar refractivity (Wildman–Crippen MR) is 120 cm³/mol. The maximum Gasteiger partial charge on any atom is 0.138 e. The second kappa shape index (κ2) is 7.65. The first-order chi connectivity index (χ1) is 14.2. The summed E-state index contributed by atoms with van der Waals surface area (Å²) in [5, 5.41) is 4.70. The number of aryl methyl sites for hydroxylation is 3. The third-order valence-corrected chi connectivity index (χ3v) is 6.31. The maximum atomic E-state index is 4.89. The van der Waals surface area contributed by atoms with Crippen molar-refractivity contribution in [2.75, 3.05) is 32.7 Å². The molecule has 0 amide bonds. The zero-order valence-corrected chi connectivity index (χ0v) is 17.3. The Labute approximate surface area is 171 Å². The van der Waals surface area contributed by atoms with E-state index in [4.69, 9.17) is 4.98 Å². The average Bonchev–Trinajstić information content (AvgIpc) is 3.36. The van der Waals surface area contributed by atoms with Gasteiger partial charge in [0.2, 0.25) is 0 Å². The lowest BCUT2D eigenvalue weighted by Gasteiger charge is -2.27. The van der Waals surface area contributed by atoms with E-state index in [-0.39, 0.29) is 0 Å². The fraction of sp³-hybridized carbons (Fsp3) is 0.375. The molecule has 1 aliphatic rings. The number of benzene rings is 2. The van der Waals surface area contributed by atoms with Crippen LogP contribution in [0.25, 0.3) is 33.3 Å². The molecular formula is C24H29N5. The summed E-state index contributed by atoms with van der Waals surface area (Å²) in [5.41, 5.74) is 7.16. The highest BCUT2D eigenvalue weighted by molar-refractivity contribution is 5.87. The molecule has 1 saturated heterocycles. The molecule has 150 valence electrons.